The molecule has 0 aliphatic rings. The lowest BCUT2D eigenvalue weighted by Crippen LogP contribution is -2.20. The molecule has 0 bridgehead atoms. The van der Waals surface area contributed by atoms with Crippen molar-refractivity contribution in [3.8, 4) is 11.1 Å². The van der Waals surface area contributed by atoms with Crippen LogP contribution in [0.25, 0.3) is 11.1 Å². The van der Waals surface area contributed by atoms with Crippen molar-refractivity contribution < 1.29 is 14.3 Å². The maximum atomic E-state index is 14.3. The van der Waals surface area contributed by atoms with E-state index in [1.54, 1.807) is 19.0 Å². The van der Waals surface area contributed by atoms with E-state index >= 15 is 0 Å². The largest absolute Gasteiger partial charge is 0.478 e. The molecular formula is C19H16ClFN4O3. The number of rotatable bonds is 5. The molecule has 3 aromatic rings. The Balaban J connectivity index is 2.19. The fourth-order valence-electron chi connectivity index (χ4n) is 2.69. The zero-order chi connectivity index (χ0) is 20.4. The number of aromatic amines is 1. The first-order valence-corrected chi connectivity index (χ1v) is 8.50. The molecule has 0 saturated heterocycles. The Morgan fingerprint density at radius 1 is 1.21 bits per heavy atom. The fraction of sp³-hybridized carbons (Fsp3) is 0.105. The predicted molar refractivity (Wildman–Crippen MR) is 106 cm³/mol. The third-order valence-electron chi connectivity index (χ3n) is 4.01. The van der Waals surface area contributed by atoms with Gasteiger partial charge in [-0.3, -0.25) is 9.78 Å². The highest BCUT2D eigenvalue weighted by atomic mass is 35.5. The van der Waals surface area contributed by atoms with E-state index in [1.807, 2.05) is 0 Å². The lowest BCUT2D eigenvalue weighted by molar-refractivity contribution is 0.0697. The summed E-state index contributed by atoms with van der Waals surface area (Å²) < 4.78 is 14.3. The van der Waals surface area contributed by atoms with Gasteiger partial charge in [0.1, 0.15) is 17.2 Å². The molecule has 7 nitrogen and oxygen atoms in total. The number of hydrogen-bond acceptors (Lipinski definition) is 5. The third-order valence-corrected chi connectivity index (χ3v) is 4.24. The molecule has 0 aliphatic heterocycles. The number of halogens is 2. The number of anilines is 3. The van der Waals surface area contributed by atoms with Gasteiger partial charge in [-0.1, -0.05) is 11.6 Å². The standard InChI is InChI=1S/C19H16ClFN4O3/c1-25(2)17-16(23-15-5-6-22-9-13(15)19(27)28)8-12(18(26)24-17)11-7-10(20)3-4-14(11)21/h3-9H,1-2H3,(H,22,23)(H,24,26)(H,27,28). The number of aromatic nitrogens is 2. The van der Waals surface area contributed by atoms with Crippen LogP contribution in [-0.4, -0.2) is 35.1 Å². The average Bonchev–Trinajstić information content (AvgIpc) is 2.65. The second-order valence-electron chi connectivity index (χ2n) is 6.14. The smallest absolute Gasteiger partial charge is 0.339 e. The average molecular weight is 403 g/mol. The molecule has 144 valence electrons. The van der Waals surface area contributed by atoms with Gasteiger partial charge in [0.05, 0.1) is 16.9 Å². The highest BCUT2D eigenvalue weighted by Crippen LogP contribution is 2.31. The number of hydrogen-bond donors (Lipinski definition) is 3. The molecule has 0 aliphatic carbocycles. The summed E-state index contributed by atoms with van der Waals surface area (Å²) in [5.74, 6) is -1.37. The molecular weight excluding hydrogens is 387 g/mol. The van der Waals surface area contributed by atoms with Gasteiger partial charge in [-0.15, -0.1) is 0 Å². The second kappa shape index (κ2) is 7.69. The van der Waals surface area contributed by atoms with Gasteiger partial charge in [0.25, 0.3) is 5.56 Å². The summed E-state index contributed by atoms with van der Waals surface area (Å²) in [6.45, 7) is 0. The normalized spacial score (nSPS) is 10.6. The van der Waals surface area contributed by atoms with Crippen LogP contribution in [0.4, 0.5) is 21.6 Å². The monoisotopic (exact) mass is 402 g/mol. The topological polar surface area (TPSA) is 98.3 Å². The van der Waals surface area contributed by atoms with Crippen LogP contribution in [0.2, 0.25) is 5.02 Å². The number of nitrogens with zero attached hydrogens (tertiary/aromatic N) is 2. The van der Waals surface area contributed by atoms with Crippen molar-refractivity contribution in [2.75, 3.05) is 24.3 Å². The minimum Gasteiger partial charge on any atom is -0.478 e. The first-order valence-electron chi connectivity index (χ1n) is 8.12. The van der Waals surface area contributed by atoms with Gasteiger partial charge < -0.3 is 20.3 Å². The van der Waals surface area contributed by atoms with Crippen LogP contribution in [-0.2, 0) is 0 Å². The molecule has 28 heavy (non-hydrogen) atoms. The number of pyridine rings is 2. The molecule has 0 atom stereocenters. The first kappa shape index (κ1) is 19.4. The van der Waals surface area contributed by atoms with E-state index in [4.69, 9.17) is 11.6 Å². The summed E-state index contributed by atoms with van der Waals surface area (Å²) in [4.78, 5) is 32.2. The van der Waals surface area contributed by atoms with E-state index in [0.29, 0.717) is 11.5 Å². The molecule has 2 heterocycles. The first-order chi connectivity index (χ1) is 13.3. The quantitative estimate of drug-likeness (QED) is 0.601. The van der Waals surface area contributed by atoms with Crippen molar-refractivity contribution in [1.82, 2.24) is 9.97 Å². The fourth-order valence-corrected chi connectivity index (χ4v) is 2.86. The lowest BCUT2D eigenvalue weighted by atomic mass is 10.1. The van der Waals surface area contributed by atoms with Gasteiger partial charge in [-0.05, 0) is 30.3 Å². The maximum absolute atomic E-state index is 14.3. The summed E-state index contributed by atoms with van der Waals surface area (Å²) in [6.07, 6.45) is 2.65. The SMILES string of the molecule is CN(C)c1[nH]c(=O)c(-c2cc(Cl)ccc2F)cc1Nc1ccncc1C(=O)O. The van der Waals surface area contributed by atoms with Gasteiger partial charge in [0.15, 0.2) is 0 Å². The molecule has 0 unspecified atom stereocenters. The number of carbonyl (C=O) groups is 1. The van der Waals surface area contributed by atoms with E-state index in [2.05, 4.69) is 15.3 Å². The number of nitrogens with one attached hydrogen (secondary N) is 2. The number of aromatic carboxylic acids is 1. The van der Waals surface area contributed by atoms with Crippen LogP contribution in [0.15, 0.2) is 47.5 Å². The summed E-state index contributed by atoms with van der Waals surface area (Å²) >= 11 is 5.95. The Kier molecular flexibility index (Phi) is 5.32. The highest BCUT2D eigenvalue weighted by molar-refractivity contribution is 6.30. The van der Waals surface area contributed by atoms with Crippen LogP contribution in [0.5, 0.6) is 0 Å². The van der Waals surface area contributed by atoms with Crippen molar-refractivity contribution in [2.24, 2.45) is 0 Å². The summed E-state index contributed by atoms with van der Waals surface area (Å²) in [6, 6.07) is 6.87. The molecule has 2 aromatic heterocycles. The van der Waals surface area contributed by atoms with Crippen LogP contribution < -0.4 is 15.8 Å². The minimum atomic E-state index is -1.16. The Bertz CT molecular complexity index is 1110. The molecule has 0 fully saturated rings. The summed E-state index contributed by atoms with van der Waals surface area (Å²) in [5, 5.41) is 12.6. The Morgan fingerprint density at radius 2 is 1.96 bits per heavy atom. The number of carboxylic acid groups (broad SMARTS) is 1. The molecule has 3 rings (SSSR count). The Hall–Kier alpha value is -3.39. The molecule has 0 amide bonds. The van der Waals surface area contributed by atoms with Gasteiger partial charge in [0, 0.05) is 37.1 Å². The molecule has 0 radical (unpaired) electrons. The Labute approximate surface area is 164 Å². The number of carboxylic acids is 1. The molecule has 0 spiro atoms. The zero-order valence-corrected chi connectivity index (χ0v) is 15.7. The van der Waals surface area contributed by atoms with E-state index in [9.17, 15) is 19.1 Å². The van der Waals surface area contributed by atoms with E-state index in [-0.39, 0.29) is 27.4 Å². The number of H-pyrrole nitrogens is 1. The summed E-state index contributed by atoms with van der Waals surface area (Å²) in [7, 11) is 3.42. The predicted octanol–water partition coefficient (Wildman–Crippen LogP) is 3.74. The van der Waals surface area contributed by atoms with Gasteiger partial charge >= 0.3 is 5.97 Å². The van der Waals surface area contributed by atoms with Crippen molar-refractivity contribution >= 4 is 34.8 Å². The molecule has 1 aromatic carbocycles. The van der Waals surface area contributed by atoms with Crippen molar-refractivity contribution in [3.05, 3.63) is 69.5 Å². The van der Waals surface area contributed by atoms with Crippen molar-refractivity contribution in [3.63, 3.8) is 0 Å². The van der Waals surface area contributed by atoms with E-state index < -0.39 is 17.3 Å². The number of benzene rings is 1. The van der Waals surface area contributed by atoms with Crippen LogP contribution in [0.1, 0.15) is 10.4 Å². The lowest BCUT2D eigenvalue weighted by Gasteiger charge is -2.20. The minimum absolute atomic E-state index is 0.0373. The van der Waals surface area contributed by atoms with E-state index in [1.165, 1.54) is 42.7 Å². The molecule has 9 heteroatoms. The molecule has 3 N–H and O–H groups in total. The zero-order valence-electron chi connectivity index (χ0n) is 15.0. The van der Waals surface area contributed by atoms with Crippen LogP contribution in [0, 0.1) is 5.82 Å². The third kappa shape index (κ3) is 3.81. The maximum Gasteiger partial charge on any atom is 0.339 e. The van der Waals surface area contributed by atoms with Gasteiger partial charge in [0.2, 0.25) is 0 Å². The molecule has 0 saturated carbocycles. The highest BCUT2D eigenvalue weighted by Gasteiger charge is 2.17. The van der Waals surface area contributed by atoms with E-state index in [0.717, 1.165) is 0 Å². The van der Waals surface area contributed by atoms with Crippen LogP contribution in [0.3, 0.4) is 0 Å². The summed E-state index contributed by atoms with van der Waals surface area (Å²) in [5.41, 5.74) is 0.189. The second-order valence-corrected chi connectivity index (χ2v) is 6.58. The van der Waals surface area contributed by atoms with Crippen molar-refractivity contribution in [2.45, 2.75) is 0 Å². The van der Waals surface area contributed by atoms with Gasteiger partial charge in [-0.25, -0.2) is 9.18 Å². The van der Waals surface area contributed by atoms with Crippen LogP contribution >= 0.6 is 11.6 Å². The Morgan fingerprint density at radius 3 is 2.64 bits per heavy atom. The van der Waals surface area contributed by atoms with Gasteiger partial charge in [-0.2, -0.15) is 0 Å². The van der Waals surface area contributed by atoms with Crippen molar-refractivity contribution in [1.29, 1.82) is 0 Å².